The molecule has 2 rings (SSSR count). The summed E-state index contributed by atoms with van der Waals surface area (Å²) < 4.78 is 6.16. The zero-order valence-electron chi connectivity index (χ0n) is 13.3. The zero-order chi connectivity index (χ0) is 17.4. The summed E-state index contributed by atoms with van der Waals surface area (Å²) in [5, 5.41) is 5.38. The number of nitrogens with one attached hydrogen (secondary N) is 2. The highest BCUT2D eigenvalue weighted by molar-refractivity contribution is 9.10. The highest BCUT2D eigenvalue weighted by atomic mass is 79.9. The number of hydrogen-bond acceptors (Lipinski definition) is 3. The minimum atomic E-state index is -0.251. The lowest BCUT2D eigenvalue weighted by Gasteiger charge is -2.11. The van der Waals surface area contributed by atoms with Gasteiger partial charge in [0, 0.05) is 16.6 Å². The molecular formula is C18H19BrN2O3. The van der Waals surface area contributed by atoms with Gasteiger partial charge < -0.3 is 15.4 Å². The van der Waals surface area contributed by atoms with E-state index in [1.807, 2.05) is 48.5 Å². The van der Waals surface area contributed by atoms with E-state index in [1.165, 1.54) is 0 Å². The Morgan fingerprint density at radius 1 is 1.04 bits per heavy atom. The van der Waals surface area contributed by atoms with Crippen molar-refractivity contribution in [2.75, 3.05) is 13.7 Å². The molecule has 0 spiro atoms. The molecule has 5 nitrogen and oxygen atoms in total. The molecule has 0 bridgehead atoms. The Balaban J connectivity index is 1.77. The number of methoxy groups -OCH3 is 1. The van der Waals surface area contributed by atoms with Crippen molar-refractivity contribution < 1.29 is 14.3 Å². The largest absolute Gasteiger partial charge is 0.496 e. The van der Waals surface area contributed by atoms with E-state index in [2.05, 4.69) is 26.6 Å². The number of rotatable bonds is 7. The van der Waals surface area contributed by atoms with Crippen LogP contribution in [-0.2, 0) is 22.6 Å². The summed E-state index contributed by atoms with van der Waals surface area (Å²) in [6.07, 6.45) is 0.258. The predicted octanol–water partition coefficient (Wildman–Crippen LogP) is 2.43. The standard InChI is InChI=1S/C18H19BrN2O3/c1-24-16-8-7-15(19)10-14(16)11-20-18(23)12-21-17(22)9-13-5-3-2-4-6-13/h2-8,10H,9,11-12H2,1H3,(H,20,23)(H,21,22). The maximum absolute atomic E-state index is 11.9. The first kappa shape index (κ1) is 18.0. The molecular weight excluding hydrogens is 372 g/mol. The van der Waals surface area contributed by atoms with Crippen LogP contribution in [0.5, 0.6) is 5.75 Å². The highest BCUT2D eigenvalue weighted by Gasteiger charge is 2.08. The van der Waals surface area contributed by atoms with Gasteiger partial charge >= 0.3 is 0 Å². The molecule has 0 aliphatic heterocycles. The molecule has 0 unspecified atom stereocenters. The Bertz CT molecular complexity index is 705. The molecule has 0 aromatic heterocycles. The van der Waals surface area contributed by atoms with Gasteiger partial charge in [-0.05, 0) is 23.8 Å². The Hall–Kier alpha value is -2.34. The first-order valence-corrected chi connectivity index (χ1v) is 8.27. The SMILES string of the molecule is COc1ccc(Br)cc1CNC(=O)CNC(=O)Cc1ccccc1. The molecule has 0 radical (unpaired) electrons. The average molecular weight is 391 g/mol. The van der Waals surface area contributed by atoms with Gasteiger partial charge in [-0.1, -0.05) is 46.3 Å². The van der Waals surface area contributed by atoms with Crippen LogP contribution in [0.15, 0.2) is 53.0 Å². The second-order valence-corrected chi connectivity index (χ2v) is 6.09. The van der Waals surface area contributed by atoms with Crippen LogP contribution in [0.1, 0.15) is 11.1 Å². The summed E-state index contributed by atoms with van der Waals surface area (Å²) >= 11 is 3.39. The number of carbonyl (C=O) groups is 2. The van der Waals surface area contributed by atoms with Crippen molar-refractivity contribution in [1.82, 2.24) is 10.6 Å². The molecule has 2 aromatic rings. The van der Waals surface area contributed by atoms with E-state index in [0.29, 0.717) is 12.3 Å². The fourth-order valence-electron chi connectivity index (χ4n) is 2.16. The molecule has 0 saturated heterocycles. The van der Waals surface area contributed by atoms with Gasteiger partial charge in [0.1, 0.15) is 5.75 Å². The lowest BCUT2D eigenvalue weighted by Crippen LogP contribution is -2.37. The molecule has 24 heavy (non-hydrogen) atoms. The molecule has 2 N–H and O–H groups in total. The molecule has 0 fully saturated rings. The van der Waals surface area contributed by atoms with Crippen LogP contribution in [-0.4, -0.2) is 25.5 Å². The molecule has 2 aromatic carbocycles. The van der Waals surface area contributed by atoms with Crippen molar-refractivity contribution >= 4 is 27.7 Å². The normalized spacial score (nSPS) is 10.1. The summed E-state index contributed by atoms with van der Waals surface area (Å²) in [4.78, 5) is 23.7. The summed E-state index contributed by atoms with van der Waals surface area (Å²) in [5.41, 5.74) is 1.77. The van der Waals surface area contributed by atoms with Crippen LogP contribution >= 0.6 is 15.9 Å². The lowest BCUT2D eigenvalue weighted by molar-refractivity contribution is -0.125. The van der Waals surface area contributed by atoms with Gasteiger partial charge in [-0.15, -0.1) is 0 Å². The van der Waals surface area contributed by atoms with Crippen LogP contribution < -0.4 is 15.4 Å². The highest BCUT2D eigenvalue weighted by Crippen LogP contribution is 2.22. The Kier molecular flexibility index (Phi) is 6.81. The third-order valence-corrected chi connectivity index (χ3v) is 3.87. The molecule has 6 heteroatoms. The van der Waals surface area contributed by atoms with E-state index in [-0.39, 0.29) is 24.8 Å². The van der Waals surface area contributed by atoms with Gasteiger partial charge in [0.2, 0.25) is 11.8 Å². The quantitative estimate of drug-likeness (QED) is 0.762. The lowest BCUT2D eigenvalue weighted by atomic mass is 10.1. The molecule has 0 saturated carbocycles. The van der Waals surface area contributed by atoms with E-state index in [0.717, 1.165) is 15.6 Å². The smallest absolute Gasteiger partial charge is 0.239 e. The summed E-state index contributed by atoms with van der Waals surface area (Å²) in [7, 11) is 1.58. The Morgan fingerprint density at radius 2 is 1.79 bits per heavy atom. The topological polar surface area (TPSA) is 67.4 Å². The number of amides is 2. The van der Waals surface area contributed by atoms with Crippen LogP contribution in [0.4, 0.5) is 0 Å². The Labute approximate surface area is 149 Å². The minimum absolute atomic E-state index is 0.0536. The first-order chi connectivity index (χ1) is 11.6. The van der Waals surface area contributed by atoms with E-state index >= 15 is 0 Å². The van der Waals surface area contributed by atoms with Crippen molar-refractivity contribution in [1.29, 1.82) is 0 Å². The number of hydrogen-bond donors (Lipinski definition) is 2. The van der Waals surface area contributed by atoms with Crippen molar-refractivity contribution in [2.45, 2.75) is 13.0 Å². The predicted molar refractivity (Wildman–Crippen MR) is 95.7 cm³/mol. The monoisotopic (exact) mass is 390 g/mol. The molecule has 0 atom stereocenters. The number of carbonyl (C=O) groups excluding carboxylic acids is 2. The summed E-state index contributed by atoms with van der Waals surface area (Å²) in [6, 6.07) is 15.0. The summed E-state index contributed by atoms with van der Waals surface area (Å²) in [6.45, 7) is 0.276. The molecule has 0 heterocycles. The van der Waals surface area contributed by atoms with E-state index in [4.69, 9.17) is 4.74 Å². The average Bonchev–Trinajstić information content (AvgIpc) is 2.59. The van der Waals surface area contributed by atoms with Gasteiger partial charge in [0.15, 0.2) is 0 Å². The maximum atomic E-state index is 11.9. The number of halogens is 1. The zero-order valence-corrected chi connectivity index (χ0v) is 14.9. The van der Waals surface area contributed by atoms with Gasteiger partial charge in [-0.3, -0.25) is 9.59 Å². The maximum Gasteiger partial charge on any atom is 0.239 e. The van der Waals surface area contributed by atoms with Gasteiger partial charge in [-0.25, -0.2) is 0 Å². The summed E-state index contributed by atoms with van der Waals surface area (Å²) in [5.74, 6) is 0.265. The van der Waals surface area contributed by atoms with Crippen molar-refractivity contribution in [3.05, 3.63) is 64.1 Å². The number of ether oxygens (including phenoxy) is 1. The third-order valence-electron chi connectivity index (χ3n) is 3.37. The van der Waals surface area contributed by atoms with Crippen molar-refractivity contribution in [2.24, 2.45) is 0 Å². The van der Waals surface area contributed by atoms with Crippen molar-refractivity contribution in [3.63, 3.8) is 0 Å². The second-order valence-electron chi connectivity index (χ2n) is 5.17. The van der Waals surface area contributed by atoms with E-state index in [1.54, 1.807) is 7.11 Å². The van der Waals surface area contributed by atoms with Gasteiger partial charge in [-0.2, -0.15) is 0 Å². The van der Waals surface area contributed by atoms with Gasteiger partial charge in [0.25, 0.3) is 0 Å². The molecule has 0 aliphatic carbocycles. The van der Waals surface area contributed by atoms with E-state index in [9.17, 15) is 9.59 Å². The fourth-order valence-corrected chi connectivity index (χ4v) is 2.57. The minimum Gasteiger partial charge on any atom is -0.496 e. The Morgan fingerprint density at radius 3 is 2.50 bits per heavy atom. The molecule has 0 aliphatic rings. The number of benzene rings is 2. The van der Waals surface area contributed by atoms with Crippen LogP contribution in [0.3, 0.4) is 0 Å². The molecule has 2 amide bonds. The third kappa shape index (κ3) is 5.70. The van der Waals surface area contributed by atoms with E-state index < -0.39 is 0 Å². The first-order valence-electron chi connectivity index (χ1n) is 7.48. The fraction of sp³-hybridized carbons (Fsp3) is 0.222. The molecule has 126 valence electrons. The van der Waals surface area contributed by atoms with Crippen molar-refractivity contribution in [3.8, 4) is 5.75 Å². The van der Waals surface area contributed by atoms with Gasteiger partial charge in [0.05, 0.1) is 20.1 Å². The van der Waals surface area contributed by atoms with Crippen LogP contribution in [0, 0.1) is 0 Å². The second kappa shape index (κ2) is 9.08. The van der Waals surface area contributed by atoms with Crippen LogP contribution in [0.2, 0.25) is 0 Å². The van der Waals surface area contributed by atoms with Crippen LogP contribution in [0.25, 0.3) is 0 Å².